The van der Waals surface area contributed by atoms with Crippen LogP contribution in [-0.4, -0.2) is 43.1 Å². The van der Waals surface area contributed by atoms with Gasteiger partial charge in [-0.05, 0) is 44.0 Å². The molecule has 0 fully saturated rings. The summed E-state index contributed by atoms with van der Waals surface area (Å²) in [7, 11) is 0. The molecule has 2 aromatic carbocycles. The second kappa shape index (κ2) is 11.0. The first-order valence-electron chi connectivity index (χ1n) is 9.92. The van der Waals surface area contributed by atoms with Crippen molar-refractivity contribution in [3.8, 4) is 11.1 Å². The van der Waals surface area contributed by atoms with E-state index in [1.165, 1.54) is 0 Å². The highest BCUT2D eigenvalue weighted by atomic mass is 16.6. The minimum absolute atomic E-state index is 0.133. The normalized spacial score (nSPS) is 10.8. The third kappa shape index (κ3) is 8.34. The maximum absolute atomic E-state index is 12.2. The Kier molecular flexibility index (Phi) is 8.41. The molecule has 0 atom stereocenters. The third-order valence-electron chi connectivity index (χ3n) is 4.01. The zero-order valence-corrected chi connectivity index (χ0v) is 17.7. The van der Waals surface area contributed by atoms with E-state index >= 15 is 0 Å². The van der Waals surface area contributed by atoms with Crippen molar-refractivity contribution in [2.24, 2.45) is 0 Å². The molecular formula is C23H29N3O4. The van der Waals surface area contributed by atoms with Gasteiger partial charge >= 0.3 is 6.09 Å². The number of hydrogen-bond donors (Lipinski definition) is 3. The van der Waals surface area contributed by atoms with Gasteiger partial charge < -0.3 is 20.7 Å². The van der Waals surface area contributed by atoms with Crippen molar-refractivity contribution in [2.45, 2.75) is 32.8 Å². The number of carbonyl (C=O) groups excluding carboxylic acids is 3. The maximum atomic E-state index is 12.2. The van der Waals surface area contributed by atoms with Gasteiger partial charge in [-0.1, -0.05) is 42.5 Å². The Hall–Kier alpha value is -3.35. The first-order valence-corrected chi connectivity index (χ1v) is 9.92. The van der Waals surface area contributed by atoms with E-state index in [1.807, 2.05) is 42.5 Å². The quantitative estimate of drug-likeness (QED) is 0.582. The number of ether oxygens (including phenoxy) is 1. The van der Waals surface area contributed by atoms with E-state index in [9.17, 15) is 14.4 Å². The fourth-order valence-electron chi connectivity index (χ4n) is 2.61. The molecule has 2 aromatic rings. The van der Waals surface area contributed by atoms with Gasteiger partial charge in [0.05, 0.1) is 0 Å². The zero-order valence-electron chi connectivity index (χ0n) is 17.7. The Balaban J connectivity index is 1.64. The van der Waals surface area contributed by atoms with E-state index < -0.39 is 11.7 Å². The molecule has 0 spiro atoms. The molecule has 3 amide bonds. The van der Waals surface area contributed by atoms with Crippen LogP contribution < -0.4 is 16.0 Å². The van der Waals surface area contributed by atoms with Crippen molar-refractivity contribution in [1.82, 2.24) is 16.0 Å². The number of benzene rings is 2. The Morgan fingerprint density at radius 3 is 2.00 bits per heavy atom. The summed E-state index contributed by atoms with van der Waals surface area (Å²) in [4.78, 5) is 35.5. The second-order valence-electron chi connectivity index (χ2n) is 7.73. The molecule has 0 bridgehead atoms. The Labute approximate surface area is 177 Å². The van der Waals surface area contributed by atoms with Crippen LogP contribution in [0.5, 0.6) is 0 Å². The van der Waals surface area contributed by atoms with Crippen LogP contribution in [0.2, 0.25) is 0 Å². The van der Waals surface area contributed by atoms with Crippen LogP contribution >= 0.6 is 0 Å². The number of carbonyl (C=O) groups is 3. The molecular weight excluding hydrogens is 382 g/mol. The Morgan fingerprint density at radius 1 is 0.767 bits per heavy atom. The molecule has 0 heterocycles. The first-order chi connectivity index (χ1) is 14.2. The molecule has 0 aliphatic rings. The van der Waals surface area contributed by atoms with E-state index in [0.29, 0.717) is 18.7 Å². The summed E-state index contributed by atoms with van der Waals surface area (Å²) in [5.41, 5.74) is 2.11. The van der Waals surface area contributed by atoms with Crippen LogP contribution in [0.25, 0.3) is 11.1 Å². The van der Waals surface area contributed by atoms with Gasteiger partial charge in [0.15, 0.2) is 0 Å². The zero-order chi connectivity index (χ0) is 22.0. The number of hydrogen-bond acceptors (Lipinski definition) is 4. The molecule has 0 saturated heterocycles. The lowest BCUT2D eigenvalue weighted by molar-refractivity contribution is -0.120. The topological polar surface area (TPSA) is 96.5 Å². The number of amides is 3. The fourth-order valence-corrected chi connectivity index (χ4v) is 2.61. The van der Waals surface area contributed by atoms with Gasteiger partial charge in [0.25, 0.3) is 5.91 Å². The highest BCUT2D eigenvalue weighted by molar-refractivity contribution is 5.94. The molecule has 2 rings (SSSR count). The Morgan fingerprint density at radius 2 is 1.37 bits per heavy atom. The van der Waals surface area contributed by atoms with Crippen molar-refractivity contribution in [3.63, 3.8) is 0 Å². The number of nitrogens with one attached hydrogen (secondary N) is 3. The molecule has 0 unspecified atom stereocenters. The summed E-state index contributed by atoms with van der Waals surface area (Å²) in [5, 5.41) is 7.99. The molecule has 0 saturated carbocycles. The van der Waals surface area contributed by atoms with Gasteiger partial charge in [-0.15, -0.1) is 0 Å². The third-order valence-corrected chi connectivity index (χ3v) is 4.01. The van der Waals surface area contributed by atoms with Crippen LogP contribution in [0.3, 0.4) is 0 Å². The molecule has 0 aliphatic carbocycles. The lowest BCUT2D eigenvalue weighted by atomic mass is 10.0. The first kappa shape index (κ1) is 22.9. The highest BCUT2D eigenvalue weighted by Crippen LogP contribution is 2.19. The summed E-state index contributed by atoms with van der Waals surface area (Å²) in [6, 6.07) is 17.3. The summed E-state index contributed by atoms with van der Waals surface area (Å²) in [6.07, 6.45) is -0.422. The molecule has 0 aromatic heterocycles. The van der Waals surface area contributed by atoms with E-state index in [1.54, 1.807) is 32.9 Å². The summed E-state index contributed by atoms with van der Waals surface area (Å²) >= 11 is 0. The predicted octanol–water partition coefficient (Wildman–Crippen LogP) is 3.11. The predicted molar refractivity (Wildman–Crippen MR) is 116 cm³/mol. The lowest BCUT2D eigenvalue weighted by Gasteiger charge is -2.19. The highest BCUT2D eigenvalue weighted by Gasteiger charge is 2.15. The second-order valence-corrected chi connectivity index (χ2v) is 7.73. The van der Waals surface area contributed by atoms with Crippen molar-refractivity contribution in [1.29, 1.82) is 0 Å². The van der Waals surface area contributed by atoms with Crippen LogP contribution in [0, 0.1) is 0 Å². The SMILES string of the molecule is CC(C)(C)OC(=O)NCCC(=O)NCCNC(=O)c1ccc(-c2ccccc2)cc1. The molecule has 7 heteroatoms. The summed E-state index contributed by atoms with van der Waals surface area (Å²) < 4.78 is 5.09. The molecule has 0 aliphatic heterocycles. The minimum Gasteiger partial charge on any atom is -0.444 e. The van der Waals surface area contributed by atoms with Crippen molar-refractivity contribution in [3.05, 3.63) is 60.2 Å². The monoisotopic (exact) mass is 411 g/mol. The average molecular weight is 412 g/mol. The largest absolute Gasteiger partial charge is 0.444 e. The van der Waals surface area contributed by atoms with Crippen molar-refractivity contribution >= 4 is 17.9 Å². The Bertz CT molecular complexity index is 843. The van der Waals surface area contributed by atoms with E-state index in [4.69, 9.17) is 4.74 Å². The molecule has 3 N–H and O–H groups in total. The summed E-state index contributed by atoms with van der Waals surface area (Å²) in [6.45, 7) is 6.10. The summed E-state index contributed by atoms with van der Waals surface area (Å²) in [5.74, 6) is -0.414. The fraction of sp³-hybridized carbons (Fsp3) is 0.348. The maximum Gasteiger partial charge on any atom is 0.407 e. The van der Waals surface area contributed by atoms with Gasteiger partial charge in [-0.2, -0.15) is 0 Å². The van der Waals surface area contributed by atoms with E-state index in [2.05, 4.69) is 16.0 Å². The van der Waals surface area contributed by atoms with E-state index in [0.717, 1.165) is 11.1 Å². The van der Waals surface area contributed by atoms with Crippen LogP contribution in [0.1, 0.15) is 37.6 Å². The van der Waals surface area contributed by atoms with Crippen LogP contribution in [0.4, 0.5) is 4.79 Å². The molecule has 0 radical (unpaired) electrons. The number of alkyl carbamates (subject to hydrolysis) is 1. The van der Waals surface area contributed by atoms with Gasteiger partial charge in [-0.3, -0.25) is 9.59 Å². The van der Waals surface area contributed by atoms with E-state index in [-0.39, 0.29) is 24.8 Å². The van der Waals surface area contributed by atoms with Crippen LogP contribution in [0.15, 0.2) is 54.6 Å². The smallest absolute Gasteiger partial charge is 0.407 e. The van der Waals surface area contributed by atoms with Crippen LogP contribution in [-0.2, 0) is 9.53 Å². The van der Waals surface area contributed by atoms with Gasteiger partial charge in [0.2, 0.25) is 5.91 Å². The van der Waals surface area contributed by atoms with Gasteiger partial charge in [0, 0.05) is 31.6 Å². The van der Waals surface area contributed by atoms with Crippen molar-refractivity contribution < 1.29 is 19.1 Å². The van der Waals surface area contributed by atoms with Crippen molar-refractivity contribution in [2.75, 3.05) is 19.6 Å². The number of rotatable bonds is 8. The van der Waals surface area contributed by atoms with Gasteiger partial charge in [0.1, 0.15) is 5.60 Å². The average Bonchev–Trinajstić information content (AvgIpc) is 2.70. The molecule has 7 nitrogen and oxygen atoms in total. The standard InChI is InChI=1S/C23H29N3O4/c1-23(2,3)30-22(29)26-14-13-20(27)24-15-16-25-21(28)19-11-9-18(10-12-19)17-7-5-4-6-8-17/h4-12H,13-16H2,1-3H3,(H,24,27)(H,25,28)(H,26,29). The minimum atomic E-state index is -0.577. The lowest BCUT2D eigenvalue weighted by Crippen LogP contribution is -2.37. The molecule has 160 valence electrons. The molecule has 30 heavy (non-hydrogen) atoms. The van der Waals surface area contributed by atoms with Gasteiger partial charge in [-0.25, -0.2) is 4.79 Å².